The standard InChI is InChI=1S/C24H16BrNO4/c25-16-5-3-4-14(8-16)12-26-13-15(18-6-1-2-7-19(18)26)9-22-24(29)23-20(28)10-17(27)11-21(23)30-22/h1-11,13,27-28H,12H2/b22-9-. The molecular weight excluding hydrogens is 446 g/mol. The summed E-state index contributed by atoms with van der Waals surface area (Å²) in [7, 11) is 0. The molecule has 0 saturated heterocycles. The molecule has 0 fully saturated rings. The van der Waals surface area contributed by atoms with Crippen LogP contribution in [-0.2, 0) is 6.54 Å². The highest BCUT2D eigenvalue weighted by Gasteiger charge is 2.31. The molecule has 1 aliphatic rings. The van der Waals surface area contributed by atoms with E-state index >= 15 is 0 Å². The molecule has 2 N–H and O–H groups in total. The van der Waals surface area contributed by atoms with Crippen LogP contribution in [-0.4, -0.2) is 20.6 Å². The fraction of sp³-hybridized carbons (Fsp3) is 0.0417. The van der Waals surface area contributed by atoms with Gasteiger partial charge < -0.3 is 19.5 Å². The van der Waals surface area contributed by atoms with Gasteiger partial charge in [-0.1, -0.05) is 46.3 Å². The van der Waals surface area contributed by atoms with E-state index in [2.05, 4.69) is 32.6 Å². The van der Waals surface area contributed by atoms with Gasteiger partial charge in [0.15, 0.2) is 5.76 Å². The molecule has 30 heavy (non-hydrogen) atoms. The maximum atomic E-state index is 12.8. The number of carbonyl (C=O) groups is 1. The molecule has 1 aromatic heterocycles. The average Bonchev–Trinajstić information content (AvgIpc) is 3.20. The molecule has 6 heteroatoms. The minimum absolute atomic E-state index is 0.0666. The Morgan fingerprint density at radius 1 is 1.03 bits per heavy atom. The lowest BCUT2D eigenvalue weighted by Crippen LogP contribution is -1.99. The monoisotopic (exact) mass is 461 g/mol. The van der Waals surface area contributed by atoms with Crippen molar-refractivity contribution in [3.8, 4) is 17.2 Å². The van der Waals surface area contributed by atoms with Gasteiger partial charge in [-0.05, 0) is 29.8 Å². The predicted molar refractivity (Wildman–Crippen MR) is 118 cm³/mol. The molecule has 5 rings (SSSR count). The Kier molecular flexibility index (Phi) is 4.37. The molecule has 5 nitrogen and oxygen atoms in total. The molecule has 0 saturated carbocycles. The summed E-state index contributed by atoms with van der Waals surface area (Å²) in [5, 5.41) is 20.7. The molecule has 0 aliphatic carbocycles. The summed E-state index contributed by atoms with van der Waals surface area (Å²) in [5.41, 5.74) is 3.08. The van der Waals surface area contributed by atoms with Gasteiger partial charge in [0.1, 0.15) is 22.8 Å². The van der Waals surface area contributed by atoms with Crippen LogP contribution in [0.2, 0.25) is 0 Å². The van der Waals surface area contributed by atoms with Crippen molar-refractivity contribution in [2.24, 2.45) is 0 Å². The lowest BCUT2D eigenvalue weighted by Gasteiger charge is -2.06. The maximum absolute atomic E-state index is 12.8. The number of ether oxygens (including phenoxy) is 1. The Morgan fingerprint density at radius 2 is 1.87 bits per heavy atom. The van der Waals surface area contributed by atoms with Crippen molar-refractivity contribution in [2.45, 2.75) is 6.54 Å². The van der Waals surface area contributed by atoms with Crippen LogP contribution in [0.25, 0.3) is 17.0 Å². The number of fused-ring (bicyclic) bond motifs is 2. The molecule has 0 radical (unpaired) electrons. The molecule has 0 amide bonds. The van der Waals surface area contributed by atoms with Crippen molar-refractivity contribution in [1.82, 2.24) is 4.57 Å². The van der Waals surface area contributed by atoms with Gasteiger partial charge in [-0.3, -0.25) is 4.79 Å². The smallest absolute Gasteiger partial charge is 0.235 e. The van der Waals surface area contributed by atoms with Crippen LogP contribution < -0.4 is 4.74 Å². The molecule has 0 spiro atoms. The topological polar surface area (TPSA) is 71.7 Å². The predicted octanol–water partition coefficient (Wildman–Crippen LogP) is 5.48. The van der Waals surface area contributed by atoms with Crippen LogP contribution in [0.15, 0.2) is 77.1 Å². The fourth-order valence-electron chi connectivity index (χ4n) is 3.77. The van der Waals surface area contributed by atoms with Crippen LogP contribution in [0.1, 0.15) is 21.5 Å². The number of phenols is 2. The first-order valence-corrected chi connectivity index (χ1v) is 10.1. The number of hydrogen-bond acceptors (Lipinski definition) is 4. The van der Waals surface area contributed by atoms with Crippen LogP contribution in [0.4, 0.5) is 0 Å². The Labute approximate surface area is 180 Å². The highest BCUT2D eigenvalue weighted by Crippen LogP contribution is 2.41. The number of Topliss-reactive ketones (excluding diaryl/α,β-unsaturated/α-hetero) is 1. The van der Waals surface area contributed by atoms with E-state index in [1.165, 1.54) is 6.07 Å². The third-order valence-electron chi connectivity index (χ3n) is 5.08. The molecular formula is C24H16BrNO4. The molecule has 2 heterocycles. The number of rotatable bonds is 3. The second-order valence-electron chi connectivity index (χ2n) is 7.14. The molecule has 3 aromatic carbocycles. The van der Waals surface area contributed by atoms with Crippen molar-refractivity contribution >= 4 is 38.7 Å². The number of nitrogens with zero attached hydrogens (tertiary/aromatic N) is 1. The molecule has 0 atom stereocenters. The van der Waals surface area contributed by atoms with Crippen LogP contribution in [0, 0.1) is 0 Å². The van der Waals surface area contributed by atoms with Gasteiger partial charge in [0.2, 0.25) is 5.78 Å². The fourth-order valence-corrected chi connectivity index (χ4v) is 4.22. The van der Waals surface area contributed by atoms with Gasteiger partial charge >= 0.3 is 0 Å². The van der Waals surface area contributed by atoms with Crippen LogP contribution >= 0.6 is 15.9 Å². The second kappa shape index (κ2) is 7.07. The quantitative estimate of drug-likeness (QED) is 0.396. The number of phenolic OH excluding ortho intramolecular Hbond substituents is 2. The number of carbonyl (C=O) groups excluding carboxylic acids is 1. The highest BCUT2D eigenvalue weighted by atomic mass is 79.9. The van der Waals surface area contributed by atoms with Crippen molar-refractivity contribution < 1.29 is 19.7 Å². The summed E-state index contributed by atoms with van der Waals surface area (Å²) in [6, 6.07) is 18.5. The SMILES string of the molecule is O=C1/C(=C/c2cn(Cc3cccc(Br)c3)c3ccccc23)Oc2cc(O)cc(O)c21. The van der Waals surface area contributed by atoms with Crippen molar-refractivity contribution in [1.29, 1.82) is 0 Å². The summed E-state index contributed by atoms with van der Waals surface area (Å²) in [4.78, 5) is 12.8. The van der Waals surface area contributed by atoms with Crippen molar-refractivity contribution in [2.75, 3.05) is 0 Å². The lowest BCUT2D eigenvalue weighted by atomic mass is 10.1. The molecule has 148 valence electrons. The van der Waals surface area contributed by atoms with E-state index in [9.17, 15) is 15.0 Å². The number of hydrogen-bond donors (Lipinski definition) is 2. The van der Waals surface area contributed by atoms with E-state index in [1.807, 2.05) is 42.6 Å². The zero-order valence-corrected chi connectivity index (χ0v) is 17.3. The van der Waals surface area contributed by atoms with Crippen molar-refractivity contribution in [3.05, 3.63) is 93.8 Å². The number of allylic oxidation sites excluding steroid dienone is 1. The molecule has 4 aromatic rings. The Balaban J connectivity index is 1.57. The lowest BCUT2D eigenvalue weighted by molar-refractivity contribution is 0.101. The van der Waals surface area contributed by atoms with E-state index in [1.54, 1.807) is 6.08 Å². The summed E-state index contributed by atoms with van der Waals surface area (Å²) < 4.78 is 8.80. The second-order valence-corrected chi connectivity index (χ2v) is 8.05. The minimum Gasteiger partial charge on any atom is -0.508 e. The van der Waals surface area contributed by atoms with E-state index in [0.29, 0.717) is 6.54 Å². The summed E-state index contributed by atoms with van der Waals surface area (Å²) in [5.74, 6) is -0.606. The maximum Gasteiger partial charge on any atom is 0.235 e. The first-order valence-electron chi connectivity index (χ1n) is 9.32. The van der Waals surface area contributed by atoms with Crippen LogP contribution in [0.5, 0.6) is 17.2 Å². The highest BCUT2D eigenvalue weighted by molar-refractivity contribution is 9.10. The first kappa shape index (κ1) is 18.5. The average molecular weight is 462 g/mol. The van der Waals surface area contributed by atoms with Gasteiger partial charge in [0.25, 0.3) is 0 Å². The Hall–Kier alpha value is -3.51. The van der Waals surface area contributed by atoms with E-state index in [0.717, 1.165) is 32.6 Å². The van der Waals surface area contributed by atoms with E-state index in [-0.39, 0.29) is 28.6 Å². The van der Waals surface area contributed by atoms with Gasteiger partial charge in [0, 0.05) is 45.8 Å². The molecule has 0 unspecified atom stereocenters. The number of para-hydroxylation sites is 1. The third-order valence-corrected chi connectivity index (χ3v) is 5.58. The first-order chi connectivity index (χ1) is 14.5. The molecule has 0 bridgehead atoms. The van der Waals surface area contributed by atoms with Gasteiger partial charge in [0.05, 0.1) is 0 Å². The summed E-state index contributed by atoms with van der Waals surface area (Å²) in [6.07, 6.45) is 3.66. The van der Waals surface area contributed by atoms with E-state index in [4.69, 9.17) is 4.74 Å². The van der Waals surface area contributed by atoms with Crippen LogP contribution in [0.3, 0.4) is 0 Å². The van der Waals surface area contributed by atoms with Gasteiger partial charge in [-0.2, -0.15) is 0 Å². The number of aromatic nitrogens is 1. The Morgan fingerprint density at radius 3 is 2.70 bits per heavy atom. The number of ketones is 1. The molecule has 1 aliphatic heterocycles. The van der Waals surface area contributed by atoms with Crippen molar-refractivity contribution in [3.63, 3.8) is 0 Å². The van der Waals surface area contributed by atoms with Gasteiger partial charge in [-0.15, -0.1) is 0 Å². The van der Waals surface area contributed by atoms with E-state index < -0.39 is 5.78 Å². The number of benzene rings is 3. The summed E-state index contributed by atoms with van der Waals surface area (Å²) in [6.45, 7) is 0.673. The number of halogens is 1. The Bertz CT molecular complexity index is 1350. The third kappa shape index (κ3) is 3.15. The normalized spacial score (nSPS) is 14.3. The summed E-state index contributed by atoms with van der Waals surface area (Å²) >= 11 is 3.51. The minimum atomic E-state index is -0.411. The number of aromatic hydroxyl groups is 2. The zero-order valence-electron chi connectivity index (χ0n) is 15.7. The zero-order chi connectivity index (χ0) is 20.8. The largest absolute Gasteiger partial charge is 0.508 e. The van der Waals surface area contributed by atoms with Gasteiger partial charge in [-0.25, -0.2) is 0 Å².